The molecule has 0 aromatic carbocycles. The molecule has 0 aliphatic carbocycles. The molecule has 0 aromatic rings. The molecule has 1 aliphatic heterocycles. The third-order valence-electron chi connectivity index (χ3n) is 4.79. The summed E-state index contributed by atoms with van der Waals surface area (Å²) in [6.45, 7) is 13.2. The molecule has 0 radical (unpaired) electrons. The van der Waals surface area contributed by atoms with Crippen LogP contribution in [0, 0.1) is 0 Å². The largest absolute Gasteiger partial charge is 0.480 e. The van der Waals surface area contributed by atoms with E-state index in [4.69, 9.17) is 4.43 Å². The molecule has 1 saturated heterocycles. The highest BCUT2D eigenvalue weighted by Gasteiger charge is 2.43. The van der Waals surface area contributed by atoms with Gasteiger partial charge in [-0.1, -0.05) is 20.8 Å². The molecular weight excluding hydrogens is 322 g/mol. The van der Waals surface area contributed by atoms with Gasteiger partial charge in [0.1, 0.15) is 6.04 Å². The summed E-state index contributed by atoms with van der Waals surface area (Å²) >= 11 is 0. The zero-order chi connectivity index (χ0) is 17.3. The van der Waals surface area contributed by atoms with Crippen molar-refractivity contribution in [3.63, 3.8) is 0 Å². The second-order valence-electron chi connectivity index (χ2n) is 7.61. The van der Waals surface area contributed by atoms with Crippen LogP contribution in [0.15, 0.2) is 0 Å². The molecule has 132 valence electrons. The summed E-state index contributed by atoms with van der Waals surface area (Å²) in [6.07, 6.45) is -0.432. The van der Waals surface area contributed by atoms with Crippen LogP contribution in [-0.2, 0) is 9.22 Å². The van der Waals surface area contributed by atoms with Gasteiger partial charge in [0.2, 0.25) is 0 Å². The second-order valence-corrected chi connectivity index (χ2v) is 14.8. The maximum absolute atomic E-state index is 11.7. The Morgan fingerprint density at radius 1 is 1.23 bits per heavy atom. The highest BCUT2D eigenvalue weighted by molar-refractivity contribution is 8.24. The highest BCUT2D eigenvalue weighted by atomic mass is 32.3. The first-order valence-corrected chi connectivity index (χ1v) is 12.4. The Hall–Kier alpha value is -0.123. The average molecular weight is 354 g/mol. The van der Waals surface area contributed by atoms with Crippen LogP contribution in [0.5, 0.6) is 0 Å². The molecule has 22 heavy (non-hydrogen) atoms. The standard InChI is InChI=1S/C14H31NO5SSi/c1-11(20-22(5,6)14(2,3)4)12(13(16)17)15-7-9-21(18,19)10-8-15/h11-12,18-19H,7-10H2,1-6H3,(H,16,17)/t11-,12+/m0/s1. The molecule has 1 fully saturated rings. The molecule has 1 heterocycles. The second kappa shape index (κ2) is 6.78. The van der Waals surface area contributed by atoms with E-state index in [1.54, 1.807) is 4.90 Å². The van der Waals surface area contributed by atoms with Gasteiger partial charge < -0.3 is 9.53 Å². The third-order valence-corrected chi connectivity index (χ3v) is 11.0. The Balaban J connectivity index is 2.82. The zero-order valence-corrected chi connectivity index (χ0v) is 16.3. The molecule has 1 rings (SSSR count). The third kappa shape index (κ3) is 4.94. The summed E-state index contributed by atoms with van der Waals surface area (Å²) in [5, 5.41) is 9.62. The van der Waals surface area contributed by atoms with Gasteiger partial charge in [-0.25, -0.2) is 0 Å². The lowest BCUT2D eigenvalue weighted by Crippen LogP contribution is -2.56. The number of aliphatic carboxylic acids is 1. The van der Waals surface area contributed by atoms with Crippen molar-refractivity contribution in [2.24, 2.45) is 0 Å². The van der Waals surface area contributed by atoms with Crippen LogP contribution in [0.4, 0.5) is 0 Å². The molecule has 0 aromatic heterocycles. The van der Waals surface area contributed by atoms with Crippen molar-refractivity contribution < 1.29 is 23.4 Å². The first-order valence-electron chi connectivity index (χ1n) is 7.65. The Kier molecular flexibility index (Phi) is 6.14. The van der Waals surface area contributed by atoms with Crippen molar-refractivity contribution in [3.05, 3.63) is 0 Å². The quantitative estimate of drug-likeness (QED) is 0.658. The van der Waals surface area contributed by atoms with E-state index in [1.807, 2.05) is 6.92 Å². The first-order chi connectivity index (χ1) is 9.77. The van der Waals surface area contributed by atoms with Crippen LogP contribution in [-0.4, -0.2) is 70.1 Å². The van der Waals surface area contributed by atoms with Crippen LogP contribution in [0.2, 0.25) is 18.1 Å². The van der Waals surface area contributed by atoms with Gasteiger partial charge in [0, 0.05) is 13.1 Å². The summed E-state index contributed by atoms with van der Waals surface area (Å²) in [7, 11) is -4.58. The number of carbonyl (C=O) groups is 1. The van der Waals surface area contributed by atoms with E-state index in [2.05, 4.69) is 33.9 Å². The Morgan fingerprint density at radius 3 is 2.05 bits per heavy atom. The number of carboxylic acids is 1. The molecule has 6 nitrogen and oxygen atoms in total. The van der Waals surface area contributed by atoms with Crippen molar-refractivity contribution in [2.45, 2.75) is 58.0 Å². The molecule has 0 spiro atoms. The van der Waals surface area contributed by atoms with E-state index in [0.29, 0.717) is 13.1 Å². The van der Waals surface area contributed by atoms with Gasteiger partial charge in [-0.2, -0.15) is 10.6 Å². The van der Waals surface area contributed by atoms with Gasteiger partial charge in [0.15, 0.2) is 8.32 Å². The molecule has 0 amide bonds. The fourth-order valence-corrected chi connectivity index (χ4v) is 5.05. The summed E-state index contributed by atoms with van der Waals surface area (Å²) < 4.78 is 25.6. The van der Waals surface area contributed by atoms with Gasteiger partial charge in [0.25, 0.3) is 0 Å². The zero-order valence-electron chi connectivity index (χ0n) is 14.5. The Labute approximate surface area is 136 Å². The molecule has 8 heteroatoms. The van der Waals surface area contributed by atoms with E-state index in [9.17, 15) is 19.0 Å². The topological polar surface area (TPSA) is 90.2 Å². The fraction of sp³-hybridized carbons (Fsp3) is 0.929. The minimum absolute atomic E-state index is 0.0156. The van der Waals surface area contributed by atoms with Crippen LogP contribution >= 0.6 is 10.6 Å². The minimum Gasteiger partial charge on any atom is -0.480 e. The Morgan fingerprint density at radius 2 is 1.68 bits per heavy atom. The molecular formula is C14H31NO5SSi. The van der Waals surface area contributed by atoms with E-state index in [-0.39, 0.29) is 16.5 Å². The summed E-state index contributed by atoms with van der Waals surface area (Å²) in [4.78, 5) is 13.5. The van der Waals surface area contributed by atoms with Gasteiger partial charge in [-0.3, -0.25) is 18.8 Å². The van der Waals surface area contributed by atoms with Crippen molar-refractivity contribution in [1.29, 1.82) is 0 Å². The van der Waals surface area contributed by atoms with Crippen LogP contribution < -0.4 is 0 Å². The predicted octanol–water partition coefficient (Wildman–Crippen LogP) is 2.92. The van der Waals surface area contributed by atoms with Crippen molar-refractivity contribution >= 4 is 24.9 Å². The highest BCUT2D eigenvalue weighted by Crippen LogP contribution is 2.41. The van der Waals surface area contributed by atoms with E-state index < -0.39 is 37.0 Å². The fourth-order valence-electron chi connectivity index (χ4n) is 2.38. The van der Waals surface area contributed by atoms with Crippen molar-refractivity contribution in [2.75, 3.05) is 24.6 Å². The molecule has 0 bridgehead atoms. The number of hydrogen-bond donors (Lipinski definition) is 3. The smallest absolute Gasteiger partial charge is 0.323 e. The van der Waals surface area contributed by atoms with Crippen LogP contribution in [0.3, 0.4) is 0 Å². The number of nitrogens with zero attached hydrogens (tertiary/aromatic N) is 1. The van der Waals surface area contributed by atoms with Crippen molar-refractivity contribution in [1.82, 2.24) is 4.90 Å². The summed E-state index contributed by atoms with van der Waals surface area (Å²) in [5.74, 6) is -0.433. The molecule has 1 aliphatic rings. The van der Waals surface area contributed by atoms with E-state index in [0.717, 1.165) is 0 Å². The van der Waals surface area contributed by atoms with Crippen LogP contribution in [0.1, 0.15) is 27.7 Å². The van der Waals surface area contributed by atoms with E-state index in [1.165, 1.54) is 0 Å². The average Bonchev–Trinajstić information content (AvgIpc) is 2.29. The van der Waals surface area contributed by atoms with Gasteiger partial charge >= 0.3 is 5.97 Å². The molecule has 2 atom stereocenters. The SMILES string of the molecule is C[C@H](O[Si](C)(C)C(C)(C)C)[C@H](C(=O)O)N1CCS(O)(O)CC1. The predicted molar refractivity (Wildman–Crippen MR) is 93.3 cm³/mol. The van der Waals surface area contributed by atoms with Crippen LogP contribution in [0.25, 0.3) is 0 Å². The lowest BCUT2D eigenvalue weighted by molar-refractivity contribution is -0.146. The monoisotopic (exact) mass is 353 g/mol. The molecule has 3 N–H and O–H groups in total. The van der Waals surface area contributed by atoms with Gasteiger partial charge in [-0.15, -0.1) is 0 Å². The number of carboxylic acid groups (broad SMARTS) is 1. The summed E-state index contributed by atoms with van der Waals surface area (Å²) in [6, 6.07) is -0.746. The molecule has 0 unspecified atom stereocenters. The van der Waals surface area contributed by atoms with Gasteiger partial charge in [0.05, 0.1) is 17.6 Å². The number of rotatable bonds is 5. The van der Waals surface area contributed by atoms with Crippen molar-refractivity contribution in [3.8, 4) is 0 Å². The normalized spacial score (nSPS) is 24.5. The first kappa shape index (κ1) is 19.9. The van der Waals surface area contributed by atoms with Gasteiger partial charge in [-0.05, 0) is 25.1 Å². The summed E-state index contributed by atoms with van der Waals surface area (Å²) in [5.41, 5.74) is 0. The van der Waals surface area contributed by atoms with E-state index >= 15 is 0 Å². The number of hydrogen-bond acceptors (Lipinski definition) is 5. The maximum Gasteiger partial charge on any atom is 0.323 e. The minimum atomic E-state index is -2.53. The molecule has 0 saturated carbocycles. The lowest BCUT2D eigenvalue weighted by Gasteiger charge is -2.46. The maximum atomic E-state index is 11.7. The lowest BCUT2D eigenvalue weighted by atomic mass is 10.1. The Bertz CT molecular complexity index is 401.